The number of nitrogens with one attached hydrogen (secondary N) is 1. The summed E-state index contributed by atoms with van der Waals surface area (Å²) in [6.45, 7) is 0.227. The van der Waals surface area contributed by atoms with E-state index in [1.54, 1.807) is 6.92 Å². The molecule has 0 aliphatic carbocycles. The molecule has 3 aromatic rings. The third-order valence-corrected chi connectivity index (χ3v) is 3.70. The van der Waals surface area contributed by atoms with Crippen LogP contribution in [0.15, 0.2) is 48.8 Å². The number of rotatable bonds is 5. The van der Waals surface area contributed by atoms with Gasteiger partial charge in [0, 0.05) is 6.07 Å². The van der Waals surface area contributed by atoms with Gasteiger partial charge in [0.25, 0.3) is 5.91 Å². The van der Waals surface area contributed by atoms with E-state index in [-0.39, 0.29) is 22.9 Å². The van der Waals surface area contributed by atoms with Gasteiger partial charge in [-0.05, 0) is 37.3 Å². The molecule has 0 bridgehead atoms. The summed E-state index contributed by atoms with van der Waals surface area (Å²) >= 11 is 0. The summed E-state index contributed by atoms with van der Waals surface area (Å²) in [4.78, 5) is 16.2. The van der Waals surface area contributed by atoms with E-state index in [9.17, 15) is 22.4 Å². The normalized spacial score (nSPS) is 11.3. The SMILES string of the molecule is Cc1c(C(=O)Nc2ccc(OCC(F)(F)F)nc2)cnn1-c1ccc(F)cc1. The standard InChI is InChI=1S/C18H14F4N4O2/c1-11-15(9-24-26(11)14-5-2-12(19)3-6-14)17(27)25-13-4-7-16(23-8-13)28-10-18(20,21)22/h2-9H,10H2,1H3,(H,25,27). The molecule has 0 fully saturated rings. The zero-order valence-electron chi connectivity index (χ0n) is 14.5. The van der Waals surface area contributed by atoms with Crippen molar-refractivity contribution in [2.24, 2.45) is 0 Å². The second-order valence-corrected chi connectivity index (χ2v) is 5.77. The number of hydrogen-bond acceptors (Lipinski definition) is 4. The number of alkyl halides is 3. The number of anilines is 1. The fourth-order valence-electron chi connectivity index (χ4n) is 2.37. The van der Waals surface area contributed by atoms with Crippen molar-refractivity contribution in [2.75, 3.05) is 11.9 Å². The number of benzene rings is 1. The summed E-state index contributed by atoms with van der Waals surface area (Å²) in [5.74, 6) is -1.08. The van der Waals surface area contributed by atoms with Crippen LogP contribution in [0.3, 0.4) is 0 Å². The van der Waals surface area contributed by atoms with Crippen molar-refractivity contribution in [2.45, 2.75) is 13.1 Å². The molecule has 1 N–H and O–H groups in total. The predicted octanol–water partition coefficient (Wildman–Crippen LogP) is 3.91. The van der Waals surface area contributed by atoms with Gasteiger partial charge in [0.2, 0.25) is 5.88 Å². The van der Waals surface area contributed by atoms with Crippen molar-refractivity contribution < 1.29 is 27.1 Å². The molecule has 2 heterocycles. The third-order valence-electron chi connectivity index (χ3n) is 3.70. The molecule has 0 atom stereocenters. The molecule has 0 unspecified atom stereocenters. The van der Waals surface area contributed by atoms with Crippen molar-refractivity contribution in [1.29, 1.82) is 0 Å². The van der Waals surface area contributed by atoms with Gasteiger partial charge in [0.15, 0.2) is 6.61 Å². The van der Waals surface area contributed by atoms with Gasteiger partial charge in [0.05, 0.1) is 35.0 Å². The minimum Gasteiger partial charge on any atom is -0.468 e. The first-order valence-corrected chi connectivity index (χ1v) is 8.00. The lowest BCUT2D eigenvalue weighted by atomic mass is 10.2. The summed E-state index contributed by atoms with van der Waals surface area (Å²) in [6, 6.07) is 8.21. The minimum absolute atomic E-state index is 0.212. The molecule has 1 amide bonds. The van der Waals surface area contributed by atoms with Gasteiger partial charge in [0.1, 0.15) is 5.82 Å². The van der Waals surface area contributed by atoms with Crippen molar-refractivity contribution in [3.05, 3.63) is 65.9 Å². The minimum atomic E-state index is -4.46. The Morgan fingerprint density at radius 1 is 1.14 bits per heavy atom. The Kier molecular flexibility index (Phi) is 5.30. The van der Waals surface area contributed by atoms with Gasteiger partial charge in [-0.2, -0.15) is 18.3 Å². The Hall–Kier alpha value is -3.43. The number of aromatic nitrogens is 3. The molecule has 3 rings (SSSR count). The number of amides is 1. The van der Waals surface area contributed by atoms with Gasteiger partial charge < -0.3 is 10.1 Å². The highest BCUT2D eigenvalue weighted by Crippen LogP contribution is 2.19. The van der Waals surface area contributed by atoms with Crippen LogP contribution in [0, 0.1) is 12.7 Å². The van der Waals surface area contributed by atoms with E-state index in [2.05, 4.69) is 20.1 Å². The van der Waals surface area contributed by atoms with Gasteiger partial charge >= 0.3 is 6.18 Å². The maximum atomic E-state index is 13.0. The van der Waals surface area contributed by atoms with Gasteiger partial charge in [-0.3, -0.25) is 4.79 Å². The number of carbonyl (C=O) groups excluding carboxylic acids is 1. The molecule has 0 saturated heterocycles. The topological polar surface area (TPSA) is 69.0 Å². The number of ether oxygens (including phenoxy) is 1. The van der Waals surface area contributed by atoms with Crippen molar-refractivity contribution >= 4 is 11.6 Å². The number of halogens is 4. The van der Waals surface area contributed by atoms with Crippen molar-refractivity contribution in [3.63, 3.8) is 0 Å². The Bertz CT molecular complexity index is 967. The molecule has 2 aromatic heterocycles. The Morgan fingerprint density at radius 2 is 1.86 bits per heavy atom. The fraction of sp³-hybridized carbons (Fsp3) is 0.167. The molecule has 1 aromatic carbocycles. The lowest BCUT2D eigenvalue weighted by Crippen LogP contribution is -2.19. The van der Waals surface area contributed by atoms with E-state index < -0.39 is 18.7 Å². The summed E-state index contributed by atoms with van der Waals surface area (Å²) in [5, 5.41) is 6.71. The highest BCUT2D eigenvalue weighted by Gasteiger charge is 2.28. The van der Waals surface area contributed by atoms with Crippen LogP contribution >= 0.6 is 0 Å². The van der Waals surface area contributed by atoms with Gasteiger partial charge in [-0.15, -0.1) is 0 Å². The van der Waals surface area contributed by atoms with Crippen LogP contribution in [-0.2, 0) is 0 Å². The first kappa shape index (κ1) is 19.3. The molecule has 0 radical (unpaired) electrons. The summed E-state index contributed by atoms with van der Waals surface area (Å²) < 4.78 is 55.4. The monoisotopic (exact) mass is 394 g/mol. The largest absolute Gasteiger partial charge is 0.468 e. The smallest absolute Gasteiger partial charge is 0.422 e. The van der Waals surface area contributed by atoms with Crippen molar-refractivity contribution in [3.8, 4) is 11.6 Å². The van der Waals surface area contributed by atoms with Crippen LogP contribution in [0.1, 0.15) is 16.1 Å². The molecule has 0 saturated carbocycles. The highest BCUT2D eigenvalue weighted by atomic mass is 19.4. The van der Waals surface area contributed by atoms with E-state index >= 15 is 0 Å². The van der Waals surface area contributed by atoms with E-state index in [1.165, 1.54) is 53.5 Å². The number of pyridine rings is 1. The van der Waals surface area contributed by atoms with Crippen LogP contribution < -0.4 is 10.1 Å². The second kappa shape index (κ2) is 7.67. The number of carbonyl (C=O) groups is 1. The first-order valence-electron chi connectivity index (χ1n) is 8.00. The van der Waals surface area contributed by atoms with Gasteiger partial charge in [-0.1, -0.05) is 0 Å². The molecule has 6 nitrogen and oxygen atoms in total. The maximum Gasteiger partial charge on any atom is 0.422 e. The molecule has 28 heavy (non-hydrogen) atoms. The van der Waals surface area contributed by atoms with E-state index in [0.29, 0.717) is 11.4 Å². The predicted molar refractivity (Wildman–Crippen MR) is 92.0 cm³/mol. The lowest BCUT2D eigenvalue weighted by Gasteiger charge is -2.09. The molecular formula is C18H14F4N4O2. The Balaban J connectivity index is 1.69. The van der Waals surface area contributed by atoms with E-state index in [1.807, 2.05) is 0 Å². The molecule has 10 heteroatoms. The fourth-order valence-corrected chi connectivity index (χ4v) is 2.37. The quantitative estimate of drug-likeness (QED) is 0.667. The second-order valence-electron chi connectivity index (χ2n) is 5.77. The molecule has 0 spiro atoms. The highest BCUT2D eigenvalue weighted by molar-refractivity contribution is 6.04. The third kappa shape index (κ3) is 4.64. The lowest BCUT2D eigenvalue weighted by molar-refractivity contribution is -0.154. The van der Waals surface area contributed by atoms with Crippen molar-refractivity contribution in [1.82, 2.24) is 14.8 Å². The Morgan fingerprint density at radius 3 is 2.46 bits per heavy atom. The zero-order valence-corrected chi connectivity index (χ0v) is 14.5. The average Bonchev–Trinajstić information content (AvgIpc) is 3.03. The maximum absolute atomic E-state index is 13.0. The van der Waals surface area contributed by atoms with Crippen LogP contribution in [0.25, 0.3) is 5.69 Å². The molecular weight excluding hydrogens is 380 g/mol. The zero-order chi connectivity index (χ0) is 20.3. The molecule has 0 aliphatic rings. The molecule has 146 valence electrons. The Labute approximate surface area is 156 Å². The number of nitrogens with zero attached hydrogens (tertiary/aromatic N) is 3. The first-order chi connectivity index (χ1) is 13.2. The summed E-state index contributed by atoms with van der Waals surface area (Å²) in [6.07, 6.45) is -1.91. The summed E-state index contributed by atoms with van der Waals surface area (Å²) in [7, 11) is 0. The van der Waals surface area contributed by atoms with Gasteiger partial charge in [-0.25, -0.2) is 14.1 Å². The average molecular weight is 394 g/mol. The van der Waals surface area contributed by atoms with E-state index in [0.717, 1.165) is 0 Å². The number of hydrogen-bond donors (Lipinski definition) is 1. The van der Waals surface area contributed by atoms with E-state index in [4.69, 9.17) is 0 Å². The van der Waals surface area contributed by atoms with Crippen LogP contribution in [-0.4, -0.2) is 33.5 Å². The summed E-state index contributed by atoms with van der Waals surface area (Å²) in [5.41, 5.74) is 1.67. The van der Waals surface area contributed by atoms with Crippen LogP contribution in [0.2, 0.25) is 0 Å². The van der Waals surface area contributed by atoms with Crippen LogP contribution in [0.5, 0.6) is 5.88 Å². The molecule has 0 aliphatic heterocycles. The van der Waals surface area contributed by atoms with Crippen LogP contribution in [0.4, 0.5) is 23.2 Å².